The molecular formula is C14H17BrN2O3. The lowest BCUT2D eigenvalue weighted by Gasteiger charge is -2.34. The molecule has 1 atom stereocenters. The summed E-state index contributed by atoms with van der Waals surface area (Å²) < 4.78 is 5.57. The van der Waals surface area contributed by atoms with Crippen LogP contribution in [-0.2, 0) is 9.53 Å². The predicted octanol–water partition coefficient (Wildman–Crippen LogP) is 2.20. The molecule has 1 heterocycles. The summed E-state index contributed by atoms with van der Waals surface area (Å²) in [7, 11) is 1.34. The van der Waals surface area contributed by atoms with Gasteiger partial charge in [0.05, 0.1) is 12.7 Å². The third kappa shape index (κ3) is 2.95. The molecule has 1 aliphatic heterocycles. The fraction of sp³-hybridized carbons (Fsp3) is 0.429. The van der Waals surface area contributed by atoms with E-state index in [9.17, 15) is 9.59 Å². The molecule has 1 unspecified atom stereocenters. The standard InChI is InChI=1S/C14H17BrN2O3/c1-20-14(19)12-4-2-3-7-17(12)13(18)10-8-9(15)5-6-11(10)16/h5-6,8,12H,2-4,7,16H2,1H3. The fourth-order valence-corrected chi connectivity index (χ4v) is 2.79. The van der Waals surface area contributed by atoms with E-state index >= 15 is 0 Å². The summed E-state index contributed by atoms with van der Waals surface area (Å²) in [5, 5.41) is 0. The van der Waals surface area contributed by atoms with E-state index in [0.717, 1.165) is 17.3 Å². The van der Waals surface area contributed by atoms with Crippen LogP contribution in [0.5, 0.6) is 0 Å². The Morgan fingerprint density at radius 1 is 1.40 bits per heavy atom. The summed E-state index contributed by atoms with van der Waals surface area (Å²) in [6, 6.07) is 4.62. The van der Waals surface area contributed by atoms with Gasteiger partial charge in [-0.05, 0) is 37.5 Å². The highest BCUT2D eigenvalue weighted by atomic mass is 79.9. The van der Waals surface area contributed by atoms with Gasteiger partial charge in [0.15, 0.2) is 0 Å². The van der Waals surface area contributed by atoms with Gasteiger partial charge in [0.1, 0.15) is 6.04 Å². The number of nitrogen functional groups attached to an aromatic ring is 1. The molecule has 1 aromatic rings. The van der Waals surface area contributed by atoms with Gasteiger partial charge in [0, 0.05) is 16.7 Å². The van der Waals surface area contributed by atoms with Gasteiger partial charge in [-0.25, -0.2) is 4.79 Å². The molecule has 5 nitrogen and oxygen atoms in total. The van der Waals surface area contributed by atoms with E-state index in [1.165, 1.54) is 7.11 Å². The molecule has 0 bridgehead atoms. The maximum atomic E-state index is 12.6. The Morgan fingerprint density at radius 3 is 2.85 bits per heavy atom. The van der Waals surface area contributed by atoms with Crippen molar-refractivity contribution in [3.63, 3.8) is 0 Å². The molecule has 1 amide bonds. The SMILES string of the molecule is COC(=O)C1CCCCN1C(=O)c1cc(Br)ccc1N. The Balaban J connectivity index is 2.30. The van der Waals surface area contributed by atoms with Gasteiger partial charge in [-0.1, -0.05) is 15.9 Å². The van der Waals surface area contributed by atoms with Crippen LogP contribution in [0, 0.1) is 0 Å². The van der Waals surface area contributed by atoms with Crippen molar-refractivity contribution < 1.29 is 14.3 Å². The van der Waals surface area contributed by atoms with Crippen molar-refractivity contribution in [3.8, 4) is 0 Å². The number of methoxy groups -OCH3 is 1. The number of hydrogen-bond donors (Lipinski definition) is 1. The second-order valence-corrected chi connectivity index (χ2v) is 5.68. The van der Waals surface area contributed by atoms with Crippen molar-refractivity contribution in [2.45, 2.75) is 25.3 Å². The molecule has 6 heteroatoms. The fourth-order valence-electron chi connectivity index (χ4n) is 2.42. The number of likely N-dealkylation sites (tertiary alicyclic amines) is 1. The van der Waals surface area contributed by atoms with Crippen molar-refractivity contribution in [2.24, 2.45) is 0 Å². The lowest BCUT2D eigenvalue weighted by Crippen LogP contribution is -2.48. The number of rotatable bonds is 2. The Hall–Kier alpha value is -1.56. The van der Waals surface area contributed by atoms with Gasteiger partial charge in [0.2, 0.25) is 0 Å². The van der Waals surface area contributed by atoms with Crippen LogP contribution in [0.3, 0.4) is 0 Å². The summed E-state index contributed by atoms with van der Waals surface area (Å²) in [5.74, 6) is -0.592. The molecule has 2 rings (SSSR count). The highest BCUT2D eigenvalue weighted by molar-refractivity contribution is 9.10. The molecule has 0 aliphatic carbocycles. The number of carbonyl (C=O) groups is 2. The smallest absolute Gasteiger partial charge is 0.328 e. The highest BCUT2D eigenvalue weighted by Gasteiger charge is 2.33. The number of hydrogen-bond acceptors (Lipinski definition) is 4. The van der Waals surface area contributed by atoms with Crippen LogP contribution in [0.2, 0.25) is 0 Å². The average molecular weight is 341 g/mol. The average Bonchev–Trinajstić information content (AvgIpc) is 2.48. The second kappa shape index (κ2) is 6.26. The molecule has 108 valence electrons. The van der Waals surface area contributed by atoms with Gasteiger partial charge in [-0.3, -0.25) is 4.79 Å². The van der Waals surface area contributed by atoms with Crippen molar-refractivity contribution >= 4 is 33.5 Å². The first-order chi connectivity index (χ1) is 9.54. The number of anilines is 1. The number of ether oxygens (including phenoxy) is 1. The largest absolute Gasteiger partial charge is 0.467 e. The maximum absolute atomic E-state index is 12.6. The van der Waals surface area contributed by atoms with E-state index in [2.05, 4.69) is 15.9 Å². The highest BCUT2D eigenvalue weighted by Crippen LogP contribution is 2.25. The van der Waals surface area contributed by atoms with E-state index in [1.807, 2.05) is 0 Å². The molecule has 0 spiro atoms. The number of nitrogens with two attached hydrogens (primary N) is 1. The topological polar surface area (TPSA) is 72.6 Å². The normalized spacial score (nSPS) is 18.7. The number of carbonyl (C=O) groups excluding carboxylic acids is 2. The molecular weight excluding hydrogens is 324 g/mol. The van der Waals surface area contributed by atoms with E-state index < -0.39 is 6.04 Å². The lowest BCUT2D eigenvalue weighted by molar-refractivity contribution is -0.147. The van der Waals surface area contributed by atoms with E-state index in [4.69, 9.17) is 10.5 Å². The quantitative estimate of drug-likeness (QED) is 0.661. The zero-order chi connectivity index (χ0) is 14.7. The number of halogens is 1. The zero-order valence-corrected chi connectivity index (χ0v) is 12.9. The molecule has 0 radical (unpaired) electrons. The first kappa shape index (κ1) is 14.8. The molecule has 1 aromatic carbocycles. The molecule has 1 aliphatic rings. The Kier molecular flexibility index (Phi) is 4.65. The van der Waals surface area contributed by atoms with E-state index in [1.54, 1.807) is 23.1 Å². The van der Waals surface area contributed by atoms with Crippen molar-refractivity contribution in [2.75, 3.05) is 19.4 Å². The molecule has 1 fully saturated rings. The first-order valence-corrected chi connectivity index (χ1v) is 7.27. The number of amides is 1. The minimum atomic E-state index is -0.514. The van der Waals surface area contributed by atoms with Crippen LogP contribution in [0.4, 0.5) is 5.69 Å². The first-order valence-electron chi connectivity index (χ1n) is 6.48. The van der Waals surface area contributed by atoms with E-state index in [0.29, 0.717) is 24.2 Å². The number of esters is 1. The van der Waals surface area contributed by atoms with Crippen LogP contribution >= 0.6 is 15.9 Å². The summed E-state index contributed by atoms with van der Waals surface area (Å²) in [6.07, 6.45) is 2.43. The van der Waals surface area contributed by atoms with Crippen molar-refractivity contribution in [1.82, 2.24) is 4.90 Å². The summed E-state index contributed by atoms with van der Waals surface area (Å²) in [5.41, 5.74) is 6.69. The third-order valence-corrected chi connectivity index (χ3v) is 3.98. The molecule has 20 heavy (non-hydrogen) atoms. The number of benzene rings is 1. The Bertz CT molecular complexity index is 533. The second-order valence-electron chi connectivity index (χ2n) is 4.76. The minimum Gasteiger partial charge on any atom is -0.467 e. The van der Waals surface area contributed by atoms with Gasteiger partial charge in [0.25, 0.3) is 5.91 Å². The summed E-state index contributed by atoms with van der Waals surface area (Å²) in [6.45, 7) is 0.546. The van der Waals surface area contributed by atoms with Crippen molar-refractivity contribution in [1.29, 1.82) is 0 Å². The predicted molar refractivity (Wildman–Crippen MR) is 79.2 cm³/mol. The number of nitrogens with zero attached hydrogens (tertiary/aromatic N) is 1. The van der Waals surface area contributed by atoms with E-state index in [-0.39, 0.29) is 11.9 Å². The summed E-state index contributed by atoms with van der Waals surface area (Å²) in [4.78, 5) is 26.0. The van der Waals surface area contributed by atoms with Gasteiger partial charge in [-0.2, -0.15) is 0 Å². The Morgan fingerprint density at radius 2 is 2.15 bits per heavy atom. The monoisotopic (exact) mass is 340 g/mol. The van der Waals surface area contributed by atoms with Gasteiger partial charge >= 0.3 is 5.97 Å². The molecule has 0 saturated carbocycles. The summed E-state index contributed by atoms with van der Waals surface area (Å²) >= 11 is 3.33. The van der Waals surface area contributed by atoms with Crippen LogP contribution in [-0.4, -0.2) is 36.5 Å². The maximum Gasteiger partial charge on any atom is 0.328 e. The number of piperidine rings is 1. The van der Waals surface area contributed by atoms with Crippen LogP contribution in [0.15, 0.2) is 22.7 Å². The van der Waals surface area contributed by atoms with Crippen molar-refractivity contribution in [3.05, 3.63) is 28.2 Å². The van der Waals surface area contributed by atoms with Crippen LogP contribution < -0.4 is 5.73 Å². The molecule has 0 aromatic heterocycles. The third-order valence-electron chi connectivity index (χ3n) is 3.48. The van der Waals surface area contributed by atoms with Gasteiger partial charge in [-0.15, -0.1) is 0 Å². The lowest BCUT2D eigenvalue weighted by atomic mass is 10.0. The zero-order valence-electron chi connectivity index (χ0n) is 11.3. The Labute approximate surface area is 126 Å². The molecule has 2 N–H and O–H groups in total. The minimum absolute atomic E-state index is 0.223. The van der Waals surface area contributed by atoms with Gasteiger partial charge < -0.3 is 15.4 Å². The van der Waals surface area contributed by atoms with Crippen LogP contribution in [0.1, 0.15) is 29.6 Å². The van der Waals surface area contributed by atoms with Crippen LogP contribution in [0.25, 0.3) is 0 Å². The molecule has 1 saturated heterocycles.